The van der Waals surface area contributed by atoms with Crippen LogP contribution in [0.25, 0.3) is 0 Å². The summed E-state index contributed by atoms with van der Waals surface area (Å²) in [6, 6.07) is 17.8. The number of allylic oxidation sites excluding steroid dienone is 1. The average Bonchev–Trinajstić information content (AvgIpc) is 2.90. The summed E-state index contributed by atoms with van der Waals surface area (Å²) in [6.07, 6.45) is 3.46. The quantitative estimate of drug-likeness (QED) is 0.830. The van der Waals surface area contributed by atoms with Crippen LogP contribution in [0.15, 0.2) is 66.2 Å². The molecule has 124 valence electrons. The van der Waals surface area contributed by atoms with E-state index in [1.54, 1.807) is 6.08 Å². The number of hydrogen-bond donors (Lipinski definition) is 2. The van der Waals surface area contributed by atoms with Crippen molar-refractivity contribution in [1.29, 1.82) is 0 Å². The number of amides is 1. The van der Waals surface area contributed by atoms with Crippen molar-refractivity contribution in [2.45, 2.75) is 38.3 Å². The van der Waals surface area contributed by atoms with Gasteiger partial charge < -0.3 is 10.4 Å². The third-order valence-corrected chi connectivity index (χ3v) is 4.53. The van der Waals surface area contributed by atoms with Gasteiger partial charge in [0, 0.05) is 12.5 Å². The van der Waals surface area contributed by atoms with Crippen molar-refractivity contribution in [3.8, 4) is 0 Å². The van der Waals surface area contributed by atoms with Crippen LogP contribution in [0.1, 0.15) is 36.1 Å². The highest BCUT2D eigenvalue weighted by Gasteiger charge is 2.31. The maximum absolute atomic E-state index is 12.3. The van der Waals surface area contributed by atoms with Gasteiger partial charge in [-0.2, -0.15) is 0 Å². The van der Waals surface area contributed by atoms with Crippen molar-refractivity contribution in [3.63, 3.8) is 0 Å². The Hall–Kier alpha value is -2.39. The standard InChI is InChI=1S/C21H23NO2/c1-15(11-12-16-7-3-2-4-8-16)13-20(24)22-21-18-10-6-5-9-17(18)14-19(21)23/h2-10,13,19,21,23H,11-12,14H2,1H3,(H,22,24)/b15-13-. The summed E-state index contributed by atoms with van der Waals surface area (Å²) in [7, 11) is 0. The predicted octanol–water partition coefficient (Wildman–Crippen LogP) is 3.34. The molecule has 0 saturated heterocycles. The van der Waals surface area contributed by atoms with Crippen molar-refractivity contribution in [1.82, 2.24) is 5.32 Å². The molecule has 2 N–H and O–H groups in total. The molecular weight excluding hydrogens is 298 g/mol. The molecule has 2 atom stereocenters. The minimum absolute atomic E-state index is 0.138. The number of aliphatic hydroxyl groups excluding tert-OH is 1. The van der Waals surface area contributed by atoms with Crippen LogP contribution in [-0.4, -0.2) is 17.1 Å². The Morgan fingerprint density at radius 2 is 1.88 bits per heavy atom. The van der Waals surface area contributed by atoms with Gasteiger partial charge in [-0.1, -0.05) is 60.2 Å². The zero-order chi connectivity index (χ0) is 16.9. The van der Waals surface area contributed by atoms with Crippen LogP contribution in [0.3, 0.4) is 0 Å². The fraction of sp³-hybridized carbons (Fsp3) is 0.286. The summed E-state index contributed by atoms with van der Waals surface area (Å²) in [5, 5.41) is 13.2. The lowest BCUT2D eigenvalue weighted by Crippen LogP contribution is -2.32. The molecule has 0 fully saturated rings. The second kappa shape index (κ2) is 7.45. The number of aryl methyl sites for hydroxylation is 1. The van der Waals surface area contributed by atoms with Crippen LogP contribution in [0, 0.1) is 0 Å². The lowest BCUT2D eigenvalue weighted by molar-refractivity contribution is -0.118. The second-order valence-electron chi connectivity index (χ2n) is 6.43. The topological polar surface area (TPSA) is 49.3 Å². The Morgan fingerprint density at radius 3 is 2.67 bits per heavy atom. The van der Waals surface area contributed by atoms with Crippen molar-refractivity contribution < 1.29 is 9.90 Å². The van der Waals surface area contributed by atoms with Crippen LogP contribution in [0.4, 0.5) is 0 Å². The van der Waals surface area contributed by atoms with Crippen LogP contribution >= 0.6 is 0 Å². The molecule has 0 aliphatic heterocycles. The smallest absolute Gasteiger partial charge is 0.244 e. The zero-order valence-corrected chi connectivity index (χ0v) is 13.9. The van der Waals surface area contributed by atoms with Gasteiger partial charge in [0.25, 0.3) is 0 Å². The van der Waals surface area contributed by atoms with E-state index in [2.05, 4.69) is 17.4 Å². The summed E-state index contributed by atoms with van der Waals surface area (Å²) >= 11 is 0. The first-order chi connectivity index (χ1) is 11.6. The fourth-order valence-corrected chi connectivity index (χ4v) is 3.22. The molecule has 3 nitrogen and oxygen atoms in total. The number of fused-ring (bicyclic) bond motifs is 1. The maximum Gasteiger partial charge on any atom is 0.244 e. The molecule has 0 saturated carbocycles. The molecule has 0 bridgehead atoms. The largest absolute Gasteiger partial charge is 0.390 e. The third-order valence-electron chi connectivity index (χ3n) is 4.53. The van der Waals surface area contributed by atoms with Gasteiger partial charge in [0.05, 0.1) is 12.1 Å². The van der Waals surface area contributed by atoms with Crippen LogP contribution in [0.5, 0.6) is 0 Å². The zero-order valence-electron chi connectivity index (χ0n) is 13.9. The predicted molar refractivity (Wildman–Crippen MR) is 95.6 cm³/mol. The maximum atomic E-state index is 12.3. The molecule has 3 rings (SSSR count). The first-order valence-electron chi connectivity index (χ1n) is 8.41. The SMILES string of the molecule is C/C(=C/C(=O)NC1c2ccccc2CC1O)CCc1ccccc1. The number of rotatable bonds is 5. The summed E-state index contributed by atoms with van der Waals surface area (Å²) in [4.78, 5) is 12.3. The number of hydrogen-bond acceptors (Lipinski definition) is 2. The minimum Gasteiger partial charge on any atom is -0.390 e. The Morgan fingerprint density at radius 1 is 1.17 bits per heavy atom. The van der Waals surface area contributed by atoms with E-state index in [9.17, 15) is 9.90 Å². The number of carbonyl (C=O) groups is 1. The second-order valence-corrected chi connectivity index (χ2v) is 6.43. The number of nitrogens with one attached hydrogen (secondary N) is 1. The molecule has 1 aliphatic carbocycles. The first-order valence-corrected chi connectivity index (χ1v) is 8.41. The highest BCUT2D eigenvalue weighted by atomic mass is 16.3. The van der Waals surface area contributed by atoms with E-state index in [-0.39, 0.29) is 11.9 Å². The Kier molecular flexibility index (Phi) is 5.11. The van der Waals surface area contributed by atoms with E-state index < -0.39 is 6.10 Å². The molecule has 0 spiro atoms. The minimum atomic E-state index is -0.552. The molecule has 1 aliphatic rings. The van der Waals surface area contributed by atoms with Crippen LogP contribution in [0.2, 0.25) is 0 Å². The molecule has 1 amide bonds. The van der Waals surface area contributed by atoms with Gasteiger partial charge >= 0.3 is 0 Å². The Bertz CT molecular complexity index is 737. The molecule has 2 unspecified atom stereocenters. The van der Waals surface area contributed by atoms with Crippen molar-refractivity contribution in [3.05, 3.63) is 82.9 Å². The van der Waals surface area contributed by atoms with Gasteiger partial charge in [-0.05, 0) is 36.5 Å². The normalized spacial score (nSPS) is 19.8. The summed E-state index contributed by atoms with van der Waals surface area (Å²) in [6.45, 7) is 1.97. The highest BCUT2D eigenvalue weighted by molar-refractivity contribution is 5.88. The molecule has 3 heteroatoms. The molecular formula is C21H23NO2. The van der Waals surface area contributed by atoms with E-state index in [0.29, 0.717) is 6.42 Å². The summed E-state index contributed by atoms with van der Waals surface area (Å²) in [5.74, 6) is -0.138. The number of aliphatic hydroxyl groups is 1. The molecule has 2 aromatic rings. The fourth-order valence-electron chi connectivity index (χ4n) is 3.22. The molecule has 0 heterocycles. The monoisotopic (exact) mass is 321 g/mol. The van der Waals surface area contributed by atoms with E-state index in [1.807, 2.05) is 49.4 Å². The molecule has 2 aromatic carbocycles. The number of benzene rings is 2. The summed E-state index contributed by atoms with van der Waals surface area (Å²) in [5.41, 5.74) is 4.44. The van der Waals surface area contributed by atoms with Crippen LogP contribution in [-0.2, 0) is 17.6 Å². The van der Waals surface area contributed by atoms with E-state index >= 15 is 0 Å². The van der Waals surface area contributed by atoms with E-state index in [0.717, 1.165) is 29.5 Å². The average molecular weight is 321 g/mol. The highest BCUT2D eigenvalue weighted by Crippen LogP contribution is 2.31. The van der Waals surface area contributed by atoms with Gasteiger partial charge in [-0.25, -0.2) is 0 Å². The van der Waals surface area contributed by atoms with E-state index in [1.165, 1.54) is 5.56 Å². The Balaban J connectivity index is 1.59. The molecule has 0 aromatic heterocycles. The van der Waals surface area contributed by atoms with Crippen molar-refractivity contribution >= 4 is 5.91 Å². The number of carbonyl (C=O) groups excluding carboxylic acids is 1. The van der Waals surface area contributed by atoms with Gasteiger partial charge in [0.1, 0.15) is 0 Å². The Labute approximate surface area is 143 Å². The van der Waals surface area contributed by atoms with Gasteiger partial charge in [0.15, 0.2) is 0 Å². The third kappa shape index (κ3) is 3.92. The van der Waals surface area contributed by atoms with E-state index in [4.69, 9.17) is 0 Å². The van der Waals surface area contributed by atoms with Gasteiger partial charge in [0.2, 0.25) is 5.91 Å². The lowest BCUT2D eigenvalue weighted by Gasteiger charge is -2.17. The summed E-state index contributed by atoms with van der Waals surface area (Å²) < 4.78 is 0. The van der Waals surface area contributed by atoms with Crippen molar-refractivity contribution in [2.75, 3.05) is 0 Å². The van der Waals surface area contributed by atoms with Crippen molar-refractivity contribution in [2.24, 2.45) is 0 Å². The first kappa shape index (κ1) is 16.5. The molecule has 24 heavy (non-hydrogen) atoms. The lowest BCUT2D eigenvalue weighted by atomic mass is 10.0. The van der Waals surface area contributed by atoms with Gasteiger partial charge in [-0.3, -0.25) is 4.79 Å². The van der Waals surface area contributed by atoms with Gasteiger partial charge in [-0.15, -0.1) is 0 Å². The molecule has 0 radical (unpaired) electrons. The van der Waals surface area contributed by atoms with Crippen LogP contribution < -0.4 is 5.32 Å².